The highest BCUT2D eigenvalue weighted by atomic mass is 32.1. The first-order valence-corrected chi connectivity index (χ1v) is 40.4. The molecular weight excluding hydrogens is 1320 g/mol. The Morgan fingerprint density at radius 2 is 0.933 bits per heavy atom. The van der Waals surface area contributed by atoms with Crippen molar-refractivity contribution in [2.45, 2.75) is 227 Å². The summed E-state index contributed by atoms with van der Waals surface area (Å²) < 4.78 is 20.7. The van der Waals surface area contributed by atoms with Crippen LogP contribution < -0.4 is 4.74 Å². The van der Waals surface area contributed by atoms with Gasteiger partial charge in [0.25, 0.3) is 0 Å². The van der Waals surface area contributed by atoms with Gasteiger partial charge in [0.05, 0.1) is 18.8 Å². The lowest BCUT2D eigenvalue weighted by Crippen LogP contribution is -2.28. The second-order valence-electron chi connectivity index (χ2n) is 25.2. The Morgan fingerprint density at radius 1 is 0.452 bits per heavy atom. The lowest BCUT2D eigenvalue weighted by atomic mass is 9.91. The molecule has 0 aliphatic carbocycles. The Labute approximate surface area is 634 Å². The van der Waals surface area contributed by atoms with Crippen LogP contribution in [0.15, 0.2) is 227 Å². The number of furan rings is 2. The van der Waals surface area contributed by atoms with E-state index in [-0.39, 0.29) is 5.97 Å². The Balaban J connectivity index is 0.000000315. The summed E-state index contributed by atoms with van der Waals surface area (Å²) in [7, 11) is 1.18. The fourth-order valence-electron chi connectivity index (χ4n) is 11.1. The van der Waals surface area contributed by atoms with Gasteiger partial charge in [-0.3, -0.25) is 10.1 Å². The zero-order valence-corrected chi connectivity index (χ0v) is 69.4. The minimum atomic E-state index is -0.407. The smallest absolute Gasteiger partial charge is 0.316 e. The quantitative estimate of drug-likeness (QED) is 0.0517. The largest absolute Gasteiger partial charge is 0.464 e. The summed E-state index contributed by atoms with van der Waals surface area (Å²) in [5, 5.41) is 19.8. The molecule has 104 heavy (non-hydrogen) atoms. The van der Waals surface area contributed by atoms with E-state index >= 15 is 0 Å². The lowest BCUT2D eigenvalue weighted by Gasteiger charge is -2.19. The molecule has 0 bridgehead atoms. The number of benzene rings is 9. The Hall–Kier alpha value is -8.31. The highest BCUT2D eigenvalue weighted by Crippen LogP contribution is 2.40. The van der Waals surface area contributed by atoms with Crippen LogP contribution in [0.3, 0.4) is 0 Å². The number of rotatable bonds is 13. The molecule has 14 rings (SSSR count). The van der Waals surface area contributed by atoms with E-state index in [1.54, 1.807) is 18.4 Å². The SMILES string of the molecule is CC.CC.CC.CC.CC.CCC(C)(C)C(=O)Oc1ccccc1.CCC(C)c1ccc2c(c1)oc1ccccc12.CCC(C)c1ccc2ccoc2c1.CCC(C)c1ccc2sccc2c1.CCC(C)c1cccc2[nH]c3ccccc3c12.CCC(C)c1cccc2c1sc1ccccc12.COO. The third-order valence-corrected chi connectivity index (χ3v) is 20.7. The molecule has 0 spiro atoms. The van der Waals surface area contributed by atoms with Crippen LogP contribution in [-0.4, -0.2) is 23.3 Å². The van der Waals surface area contributed by atoms with Gasteiger partial charge in [0.15, 0.2) is 0 Å². The second kappa shape index (κ2) is 48.7. The highest BCUT2D eigenvalue weighted by molar-refractivity contribution is 7.26. The molecule has 560 valence electrons. The summed E-state index contributed by atoms with van der Waals surface area (Å²) in [4.78, 5) is 18.4. The number of aromatic nitrogens is 1. The van der Waals surface area contributed by atoms with Gasteiger partial charge in [-0.1, -0.05) is 285 Å². The predicted molar refractivity (Wildman–Crippen MR) is 463 cm³/mol. The van der Waals surface area contributed by atoms with Crippen molar-refractivity contribution >= 4 is 114 Å². The highest BCUT2D eigenvalue weighted by Gasteiger charge is 2.27. The predicted octanol–water partition coefficient (Wildman–Crippen LogP) is 32.1. The van der Waals surface area contributed by atoms with Gasteiger partial charge in [-0.05, 0) is 187 Å². The van der Waals surface area contributed by atoms with Crippen molar-refractivity contribution in [3.8, 4) is 5.75 Å². The maximum Gasteiger partial charge on any atom is 0.316 e. The number of carbonyl (C=O) groups is 1. The summed E-state index contributed by atoms with van der Waals surface area (Å²) in [5.74, 6) is 3.58. The molecule has 5 aromatic heterocycles. The van der Waals surface area contributed by atoms with Crippen molar-refractivity contribution in [2.24, 2.45) is 5.41 Å². The average Bonchev–Trinajstić information content (AvgIpc) is 1.63. The summed E-state index contributed by atoms with van der Waals surface area (Å²) in [5.41, 5.74) is 12.2. The standard InChI is InChI=1S/C16H17N.C16H16O.C16H16S.C12H16O2.C12H14O.C12H14S.5C2H6.CH4O2/c1-3-11(2)12-8-6-10-15-16(12)13-7-4-5-9-14(13)17-15;1-3-11(2)12-8-9-14-13-6-4-5-7-15(13)17-16(14)10-12;1-3-11(2)12-8-6-9-14-13-7-4-5-10-15(13)17-16(12)14;1-4-12(2,3)11(13)14-10-8-6-5-7-9-10;1-3-9(2)11-5-4-10-6-7-13-12(10)8-11;1-3-9(2)10-4-5-12-11(8-10)6-7-13-12;5*1-2;1-3-2/h4-11,17H,3H2,1-2H3;2*4-11H,3H2,1-2H3;5-9H,4H2,1-3H3;2*4-9H,3H2,1-2H3;5*1-2H3;2H,1H3. The summed E-state index contributed by atoms with van der Waals surface area (Å²) in [6, 6.07) is 72.0. The van der Waals surface area contributed by atoms with E-state index in [0.717, 1.165) is 29.6 Å². The normalized spacial score (nSPS) is 11.8. The lowest BCUT2D eigenvalue weighted by molar-refractivity contribution is -0.214. The number of aromatic amines is 1. The summed E-state index contributed by atoms with van der Waals surface area (Å²) in [6.45, 7) is 48.3. The molecule has 5 unspecified atom stereocenters. The van der Waals surface area contributed by atoms with Crippen LogP contribution in [-0.2, 0) is 9.68 Å². The van der Waals surface area contributed by atoms with Crippen LogP contribution in [0, 0.1) is 5.41 Å². The maximum absolute atomic E-state index is 11.6. The molecule has 2 N–H and O–H groups in total. The number of carbonyl (C=O) groups excluding carboxylic acids is 1. The minimum absolute atomic E-state index is 0.175. The van der Waals surface area contributed by atoms with Gasteiger partial charge in [0.2, 0.25) is 0 Å². The molecule has 9 heteroatoms. The first kappa shape index (κ1) is 89.9. The van der Waals surface area contributed by atoms with Crippen molar-refractivity contribution in [1.82, 2.24) is 4.98 Å². The van der Waals surface area contributed by atoms with E-state index < -0.39 is 5.41 Å². The maximum atomic E-state index is 11.6. The number of nitrogens with one attached hydrogen (secondary N) is 1. The molecule has 0 aliphatic heterocycles. The number of H-pyrrole nitrogens is 1. The molecule has 0 fully saturated rings. The number of ether oxygens (including phenoxy) is 1. The third-order valence-electron chi connectivity index (χ3n) is 18.6. The number of hydrogen-bond acceptors (Lipinski definition) is 8. The monoisotopic (exact) mass is 1440 g/mol. The van der Waals surface area contributed by atoms with Crippen molar-refractivity contribution < 1.29 is 28.5 Å². The van der Waals surface area contributed by atoms with E-state index in [2.05, 4.69) is 242 Å². The van der Waals surface area contributed by atoms with E-state index in [4.69, 9.17) is 18.8 Å². The van der Waals surface area contributed by atoms with E-state index in [1.807, 2.05) is 149 Å². The van der Waals surface area contributed by atoms with E-state index in [0.29, 0.717) is 35.3 Å². The number of fused-ring (bicyclic) bond motifs is 11. The van der Waals surface area contributed by atoms with E-state index in [9.17, 15) is 4.79 Å². The molecule has 5 atom stereocenters. The van der Waals surface area contributed by atoms with Crippen LogP contribution in [0.25, 0.3) is 85.0 Å². The molecule has 5 heterocycles. The Bertz CT molecular complexity index is 4530. The zero-order chi connectivity index (χ0) is 77.3. The van der Waals surface area contributed by atoms with Gasteiger partial charge < -0.3 is 18.6 Å². The molecular formula is C95H127NO6S2. The number of hydrogen-bond donors (Lipinski definition) is 2. The van der Waals surface area contributed by atoms with Crippen molar-refractivity contribution in [3.63, 3.8) is 0 Å². The summed E-state index contributed by atoms with van der Waals surface area (Å²) >= 11 is 3.75. The molecule has 0 radical (unpaired) electrons. The van der Waals surface area contributed by atoms with Crippen LogP contribution in [0.4, 0.5) is 0 Å². The van der Waals surface area contributed by atoms with Crippen molar-refractivity contribution in [3.05, 3.63) is 246 Å². The Kier molecular flexibility index (Phi) is 42.1. The van der Waals surface area contributed by atoms with Crippen LogP contribution >= 0.6 is 22.7 Å². The second-order valence-corrected chi connectivity index (χ2v) is 27.2. The third kappa shape index (κ3) is 25.2. The zero-order valence-electron chi connectivity index (χ0n) is 67.7. The fraction of sp³-hybridized carbons (Fsp3) is 0.379. The molecule has 0 amide bonds. The first-order valence-electron chi connectivity index (χ1n) is 38.7. The molecule has 14 aromatic rings. The number of thiophene rings is 2. The molecule has 0 saturated heterocycles. The van der Waals surface area contributed by atoms with Crippen molar-refractivity contribution in [1.29, 1.82) is 0 Å². The van der Waals surface area contributed by atoms with Crippen LogP contribution in [0.2, 0.25) is 0 Å². The van der Waals surface area contributed by atoms with Gasteiger partial charge in [0, 0.05) is 62.8 Å². The molecule has 0 saturated carbocycles. The van der Waals surface area contributed by atoms with Crippen LogP contribution in [0.1, 0.15) is 255 Å². The minimum Gasteiger partial charge on any atom is -0.464 e. The molecule has 9 aromatic carbocycles. The van der Waals surface area contributed by atoms with Gasteiger partial charge in [-0.15, -0.1) is 22.7 Å². The van der Waals surface area contributed by atoms with E-state index in [1.165, 1.54) is 129 Å². The first-order chi connectivity index (χ1) is 50.5. The average molecular weight is 1440 g/mol. The number of para-hydroxylation sites is 3. The Morgan fingerprint density at radius 3 is 1.55 bits per heavy atom. The topological polar surface area (TPSA) is 97.8 Å². The van der Waals surface area contributed by atoms with Gasteiger partial charge in [0.1, 0.15) is 22.5 Å². The van der Waals surface area contributed by atoms with Gasteiger partial charge in [-0.2, -0.15) is 0 Å². The molecule has 7 nitrogen and oxygen atoms in total. The fourth-order valence-corrected chi connectivity index (χ4v) is 13.2. The summed E-state index contributed by atoms with van der Waals surface area (Å²) in [6.07, 6.45) is 8.45. The van der Waals surface area contributed by atoms with Crippen molar-refractivity contribution in [2.75, 3.05) is 7.11 Å². The van der Waals surface area contributed by atoms with Crippen LogP contribution in [0.5, 0.6) is 5.75 Å². The molecule has 0 aliphatic rings. The number of esters is 1. The van der Waals surface area contributed by atoms with Gasteiger partial charge >= 0.3 is 5.97 Å². The van der Waals surface area contributed by atoms with Gasteiger partial charge in [-0.25, -0.2) is 4.89 Å².